The second-order valence-electron chi connectivity index (χ2n) is 4.14. The van der Waals surface area contributed by atoms with E-state index in [9.17, 15) is 8.42 Å². The van der Waals surface area contributed by atoms with Gasteiger partial charge in [0.15, 0.2) is 0 Å². The second kappa shape index (κ2) is 6.25. The van der Waals surface area contributed by atoms with Crippen LogP contribution in [0, 0.1) is 0 Å². The van der Waals surface area contributed by atoms with Crippen molar-refractivity contribution in [1.29, 1.82) is 0 Å². The first-order valence-corrected chi connectivity index (χ1v) is 9.02. The molecule has 20 heavy (non-hydrogen) atoms. The molecule has 2 aromatic heterocycles. The summed E-state index contributed by atoms with van der Waals surface area (Å²) in [6.45, 7) is 3.50. The summed E-state index contributed by atoms with van der Waals surface area (Å²) in [5.41, 5.74) is 0.443. The Labute approximate surface area is 130 Å². The molecule has 6 nitrogen and oxygen atoms in total. The predicted octanol–water partition coefficient (Wildman–Crippen LogP) is 2.15. The molecule has 0 saturated carbocycles. The Balaban J connectivity index is 2.22. The molecule has 0 fully saturated rings. The van der Waals surface area contributed by atoms with Gasteiger partial charge in [-0.3, -0.25) is 9.40 Å². The molecule has 0 radical (unpaired) electrons. The number of sulfonamides is 1. The van der Waals surface area contributed by atoms with Crippen LogP contribution in [0.2, 0.25) is 0 Å². The number of hydrogen-bond donors (Lipinski definition) is 2. The molecule has 2 N–H and O–H groups in total. The topological polar surface area (TPSA) is 76.0 Å². The molecule has 0 spiro atoms. The summed E-state index contributed by atoms with van der Waals surface area (Å²) in [4.78, 5) is 1.21. The van der Waals surface area contributed by atoms with Crippen molar-refractivity contribution >= 4 is 43.0 Å². The van der Waals surface area contributed by atoms with Gasteiger partial charge < -0.3 is 5.32 Å². The second-order valence-corrected chi connectivity index (χ2v) is 8.24. The van der Waals surface area contributed by atoms with Crippen LogP contribution in [0.5, 0.6) is 0 Å². The van der Waals surface area contributed by atoms with Gasteiger partial charge in [0, 0.05) is 24.7 Å². The van der Waals surface area contributed by atoms with E-state index >= 15 is 0 Å². The monoisotopic (exact) mass is 378 g/mol. The third kappa shape index (κ3) is 3.60. The summed E-state index contributed by atoms with van der Waals surface area (Å²) in [6.07, 6.45) is 3.08. The van der Waals surface area contributed by atoms with Crippen LogP contribution in [0.1, 0.15) is 11.8 Å². The Morgan fingerprint density at radius 3 is 2.85 bits per heavy atom. The van der Waals surface area contributed by atoms with Crippen LogP contribution in [0.25, 0.3) is 0 Å². The van der Waals surface area contributed by atoms with Gasteiger partial charge in [-0.2, -0.15) is 5.10 Å². The Bertz CT molecular complexity index is 693. The summed E-state index contributed by atoms with van der Waals surface area (Å²) in [6, 6.07) is 1.68. The summed E-state index contributed by atoms with van der Waals surface area (Å²) in [5.74, 6) is 0. The molecule has 0 atom stereocenters. The molecule has 2 rings (SSSR count). The van der Waals surface area contributed by atoms with Crippen LogP contribution in [-0.2, 0) is 23.6 Å². The molecule has 2 heterocycles. The zero-order valence-electron chi connectivity index (χ0n) is 11.1. The van der Waals surface area contributed by atoms with Crippen molar-refractivity contribution in [3.8, 4) is 0 Å². The van der Waals surface area contributed by atoms with Crippen LogP contribution < -0.4 is 10.0 Å². The lowest BCUT2D eigenvalue weighted by atomic mass is 10.4. The van der Waals surface area contributed by atoms with Crippen molar-refractivity contribution in [3.05, 3.63) is 27.1 Å². The maximum atomic E-state index is 12.3. The highest BCUT2D eigenvalue weighted by Gasteiger charge is 2.21. The molecule has 0 aliphatic heterocycles. The average molecular weight is 379 g/mol. The zero-order chi connectivity index (χ0) is 14.8. The Morgan fingerprint density at radius 2 is 2.25 bits per heavy atom. The van der Waals surface area contributed by atoms with Gasteiger partial charge in [0.1, 0.15) is 4.90 Å². The molecule has 0 aliphatic rings. The van der Waals surface area contributed by atoms with Gasteiger partial charge in [-0.05, 0) is 28.5 Å². The molecule has 0 bridgehead atoms. The molecule has 0 aliphatic carbocycles. The third-order valence-electron chi connectivity index (χ3n) is 2.50. The van der Waals surface area contributed by atoms with Gasteiger partial charge in [0.25, 0.3) is 10.0 Å². The fourth-order valence-electron chi connectivity index (χ4n) is 1.60. The molecule has 0 amide bonds. The Kier molecular flexibility index (Phi) is 4.84. The zero-order valence-corrected chi connectivity index (χ0v) is 14.3. The highest BCUT2D eigenvalue weighted by molar-refractivity contribution is 9.11. The highest BCUT2D eigenvalue weighted by Crippen LogP contribution is 2.32. The van der Waals surface area contributed by atoms with E-state index in [4.69, 9.17) is 0 Å². The van der Waals surface area contributed by atoms with E-state index in [1.165, 1.54) is 22.2 Å². The lowest BCUT2D eigenvalue weighted by molar-refractivity contribution is 0.601. The van der Waals surface area contributed by atoms with Crippen molar-refractivity contribution in [1.82, 2.24) is 15.1 Å². The van der Waals surface area contributed by atoms with Crippen LogP contribution in [0.4, 0.5) is 5.69 Å². The number of nitrogens with zero attached hydrogens (tertiary/aromatic N) is 2. The SMILES string of the molecule is CCNCc1cc(S(=O)(=O)Nc2cnn(C)c2)c(Br)s1. The number of hydrogen-bond acceptors (Lipinski definition) is 5. The minimum atomic E-state index is -3.60. The van der Waals surface area contributed by atoms with E-state index in [1.54, 1.807) is 19.3 Å². The number of nitrogens with one attached hydrogen (secondary N) is 2. The van der Waals surface area contributed by atoms with E-state index in [1.807, 2.05) is 6.92 Å². The van der Waals surface area contributed by atoms with Gasteiger partial charge in [0.2, 0.25) is 0 Å². The molecule has 0 aromatic carbocycles. The van der Waals surface area contributed by atoms with Crippen LogP contribution in [-0.4, -0.2) is 24.7 Å². The summed E-state index contributed by atoms with van der Waals surface area (Å²) in [5, 5.41) is 7.10. The fraction of sp³-hybridized carbons (Fsp3) is 0.364. The lowest BCUT2D eigenvalue weighted by Gasteiger charge is -2.04. The minimum absolute atomic E-state index is 0.249. The van der Waals surface area contributed by atoms with Gasteiger partial charge in [-0.25, -0.2) is 8.42 Å². The van der Waals surface area contributed by atoms with Crippen LogP contribution >= 0.6 is 27.3 Å². The van der Waals surface area contributed by atoms with E-state index < -0.39 is 10.0 Å². The first-order chi connectivity index (χ1) is 9.42. The Morgan fingerprint density at radius 1 is 1.50 bits per heavy atom. The lowest BCUT2D eigenvalue weighted by Crippen LogP contribution is -2.13. The normalized spacial score (nSPS) is 11.8. The number of rotatable bonds is 6. The maximum absolute atomic E-state index is 12.3. The van der Waals surface area contributed by atoms with Gasteiger partial charge in [-0.1, -0.05) is 6.92 Å². The van der Waals surface area contributed by atoms with E-state index in [0.717, 1.165) is 11.4 Å². The first-order valence-electron chi connectivity index (χ1n) is 5.92. The number of aromatic nitrogens is 2. The molecule has 110 valence electrons. The fourth-order valence-corrected chi connectivity index (χ4v) is 5.28. The number of halogens is 1. The molecular weight excluding hydrogens is 364 g/mol. The number of thiophene rings is 1. The first kappa shape index (κ1) is 15.5. The minimum Gasteiger partial charge on any atom is -0.312 e. The van der Waals surface area contributed by atoms with E-state index in [-0.39, 0.29) is 4.90 Å². The number of aryl methyl sites for hydroxylation is 1. The molecular formula is C11H15BrN4O2S2. The largest absolute Gasteiger partial charge is 0.312 e. The van der Waals surface area contributed by atoms with Crippen molar-refractivity contribution in [2.24, 2.45) is 7.05 Å². The third-order valence-corrected chi connectivity index (χ3v) is 6.14. The summed E-state index contributed by atoms with van der Waals surface area (Å²) >= 11 is 4.73. The van der Waals surface area contributed by atoms with Crippen LogP contribution in [0.15, 0.2) is 27.1 Å². The molecule has 9 heteroatoms. The average Bonchev–Trinajstić information content (AvgIpc) is 2.93. The van der Waals surface area contributed by atoms with Gasteiger partial charge in [-0.15, -0.1) is 11.3 Å². The van der Waals surface area contributed by atoms with Gasteiger partial charge in [0.05, 0.1) is 15.7 Å². The van der Waals surface area contributed by atoms with Crippen molar-refractivity contribution in [3.63, 3.8) is 0 Å². The van der Waals surface area contributed by atoms with E-state index in [0.29, 0.717) is 16.0 Å². The molecule has 0 saturated heterocycles. The van der Waals surface area contributed by atoms with Crippen molar-refractivity contribution < 1.29 is 8.42 Å². The highest BCUT2D eigenvalue weighted by atomic mass is 79.9. The summed E-state index contributed by atoms with van der Waals surface area (Å²) < 4.78 is 29.3. The maximum Gasteiger partial charge on any atom is 0.263 e. The van der Waals surface area contributed by atoms with Crippen molar-refractivity contribution in [2.75, 3.05) is 11.3 Å². The smallest absolute Gasteiger partial charge is 0.263 e. The Hall–Kier alpha value is -0.900. The number of anilines is 1. The standard InChI is InChI=1S/C11H15BrN4O2S2/c1-3-13-6-9-4-10(11(12)19-9)20(17,18)15-8-5-14-16(2)7-8/h4-5,7,13,15H,3,6H2,1-2H3. The molecule has 2 aromatic rings. The van der Waals surface area contributed by atoms with Crippen molar-refractivity contribution in [2.45, 2.75) is 18.4 Å². The van der Waals surface area contributed by atoms with E-state index in [2.05, 4.69) is 31.1 Å². The predicted molar refractivity (Wildman–Crippen MR) is 83.4 cm³/mol. The van der Waals surface area contributed by atoms with Gasteiger partial charge >= 0.3 is 0 Å². The quantitative estimate of drug-likeness (QED) is 0.807. The van der Waals surface area contributed by atoms with Crippen LogP contribution in [0.3, 0.4) is 0 Å². The summed E-state index contributed by atoms with van der Waals surface area (Å²) in [7, 11) is -1.87. The molecule has 0 unspecified atom stereocenters.